The molecule has 116 valence electrons. The zero-order chi connectivity index (χ0) is 15.4. The SMILES string of the molecule is CC(=O)NCC1CCN(c2ccc(C(C)N)c(Br)c2)CC1. The monoisotopic (exact) mass is 353 g/mol. The molecule has 5 heteroatoms. The van der Waals surface area contributed by atoms with Crippen LogP contribution in [-0.2, 0) is 4.79 Å². The summed E-state index contributed by atoms with van der Waals surface area (Å²) in [6, 6.07) is 6.45. The van der Waals surface area contributed by atoms with Crippen LogP contribution >= 0.6 is 15.9 Å². The smallest absolute Gasteiger partial charge is 0.216 e. The van der Waals surface area contributed by atoms with Crippen molar-refractivity contribution in [2.24, 2.45) is 11.7 Å². The van der Waals surface area contributed by atoms with Crippen molar-refractivity contribution in [3.63, 3.8) is 0 Å². The Kier molecular flexibility index (Phi) is 5.65. The molecule has 1 amide bonds. The van der Waals surface area contributed by atoms with E-state index in [1.165, 1.54) is 5.69 Å². The molecule has 0 aliphatic carbocycles. The van der Waals surface area contributed by atoms with Gasteiger partial charge in [-0.25, -0.2) is 0 Å². The van der Waals surface area contributed by atoms with E-state index in [9.17, 15) is 4.79 Å². The van der Waals surface area contributed by atoms with Crippen LogP contribution in [0.4, 0.5) is 5.69 Å². The van der Waals surface area contributed by atoms with Crippen LogP contribution < -0.4 is 16.0 Å². The standard InChI is InChI=1S/C16H24BrN3O/c1-11(18)15-4-3-14(9-16(15)17)20-7-5-13(6-8-20)10-19-12(2)21/h3-4,9,11,13H,5-8,10,18H2,1-2H3,(H,19,21). The van der Waals surface area contributed by atoms with E-state index in [4.69, 9.17) is 5.73 Å². The van der Waals surface area contributed by atoms with Crippen LogP contribution in [0.2, 0.25) is 0 Å². The molecule has 4 nitrogen and oxygen atoms in total. The number of halogens is 1. The summed E-state index contributed by atoms with van der Waals surface area (Å²) in [6.07, 6.45) is 2.24. The summed E-state index contributed by atoms with van der Waals surface area (Å²) in [6.45, 7) is 6.44. The van der Waals surface area contributed by atoms with Gasteiger partial charge in [-0.1, -0.05) is 22.0 Å². The van der Waals surface area contributed by atoms with Gasteiger partial charge in [-0.3, -0.25) is 4.79 Å². The van der Waals surface area contributed by atoms with Crippen molar-refractivity contribution in [3.8, 4) is 0 Å². The van der Waals surface area contributed by atoms with Crippen LogP contribution in [0.3, 0.4) is 0 Å². The zero-order valence-electron chi connectivity index (χ0n) is 12.7. The van der Waals surface area contributed by atoms with Gasteiger partial charge in [0.15, 0.2) is 0 Å². The van der Waals surface area contributed by atoms with Gasteiger partial charge in [-0.05, 0) is 43.4 Å². The lowest BCUT2D eigenvalue weighted by Crippen LogP contribution is -2.38. The molecule has 1 aliphatic rings. The molecule has 0 aromatic heterocycles. The van der Waals surface area contributed by atoms with E-state index in [0.29, 0.717) is 5.92 Å². The average molecular weight is 354 g/mol. The normalized spacial score (nSPS) is 17.6. The molecule has 1 aromatic carbocycles. The van der Waals surface area contributed by atoms with Crippen LogP contribution in [-0.4, -0.2) is 25.5 Å². The highest BCUT2D eigenvalue weighted by atomic mass is 79.9. The summed E-state index contributed by atoms with van der Waals surface area (Å²) < 4.78 is 1.08. The number of nitrogens with zero attached hydrogens (tertiary/aromatic N) is 1. The molecule has 0 saturated carbocycles. The molecule has 0 radical (unpaired) electrons. The molecule has 1 unspecified atom stereocenters. The number of benzene rings is 1. The largest absolute Gasteiger partial charge is 0.371 e. The zero-order valence-corrected chi connectivity index (χ0v) is 14.3. The van der Waals surface area contributed by atoms with Crippen LogP contribution in [0, 0.1) is 5.92 Å². The summed E-state index contributed by atoms with van der Waals surface area (Å²) >= 11 is 3.61. The van der Waals surface area contributed by atoms with Crippen LogP contribution in [0.1, 0.15) is 38.3 Å². The number of hydrogen-bond acceptors (Lipinski definition) is 3. The topological polar surface area (TPSA) is 58.4 Å². The van der Waals surface area contributed by atoms with Gasteiger partial charge in [0.25, 0.3) is 0 Å². The fourth-order valence-corrected chi connectivity index (χ4v) is 3.49. The Hall–Kier alpha value is -1.07. The minimum absolute atomic E-state index is 0.0387. The molecule has 1 heterocycles. The fraction of sp³-hybridized carbons (Fsp3) is 0.562. The van der Waals surface area contributed by atoms with Crippen LogP contribution in [0.15, 0.2) is 22.7 Å². The molecule has 1 aromatic rings. The van der Waals surface area contributed by atoms with Crippen molar-refractivity contribution in [2.45, 2.75) is 32.7 Å². The number of nitrogens with two attached hydrogens (primary N) is 1. The second-order valence-corrected chi connectivity index (χ2v) is 6.72. The summed E-state index contributed by atoms with van der Waals surface area (Å²) in [7, 11) is 0. The highest BCUT2D eigenvalue weighted by Gasteiger charge is 2.20. The van der Waals surface area contributed by atoms with Gasteiger partial charge in [0.1, 0.15) is 0 Å². The lowest BCUT2D eigenvalue weighted by atomic mass is 9.96. The van der Waals surface area contributed by atoms with Gasteiger partial charge >= 0.3 is 0 Å². The molecule has 3 N–H and O–H groups in total. The number of piperidine rings is 1. The summed E-state index contributed by atoms with van der Waals surface area (Å²) in [5.74, 6) is 0.657. The summed E-state index contributed by atoms with van der Waals surface area (Å²) in [4.78, 5) is 13.4. The van der Waals surface area contributed by atoms with Crippen molar-refractivity contribution in [3.05, 3.63) is 28.2 Å². The Labute approximate surface area is 135 Å². The molecule has 0 spiro atoms. The summed E-state index contributed by atoms with van der Waals surface area (Å²) in [5, 5.41) is 2.92. The quantitative estimate of drug-likeness (QED) is 0.874. The third-order valence-electron chi connectivity index (χ3n) is 4.09. The number of carbonyl (C=O) groups is 1. The molecule has 1 fully saturated rings. The Morgan fingerprint density at radius 1 is 1.48 bits per heavy atom. The van der Waals surface area contributed by atoms with Crippen LogP contribution in [0.5, 0.6) is 0 Å². The van der Waals surface area contributed by atoms with Gasteiger partial charge in [0.2, 0.25) is 5.91 Å². The minimum atomic E-state index is 0.0387. The first kappa shape index (κ1) is 16.3. The minimum Gasteiger partial charge on any atom is -0.371 e. The number of amides is 1. The Balaban J connectivity index is 1.93. The molecule has 1 atom stereocenters. The predicted molar refractivity (Wildman–Crippen MR) is 90.4 cm³/mol. The lowest BCUT2D eigenvalue weighted by Gasteiger charge is -2.34. The van der Waals surface area contributed by atoms with Gasteiger partial charge < -0.3 is 16.0 Å². The van der Waals surface area contributed by atoms with Gasteiger partial charge in [-0.15, -0.1) is 0 Å². The van der Waals surface area contributed by atoms with Gasteiger partial charge in [-0.2, -0.15) is 0 Å². The highest BCUT2D eigenvalue weighted by Crippen LogP contribution is 2.29. The van der Waals surface area contributed by atoms with Crippen molar-refractivity contribution in [1.82, 2.24) is 5.32 Å². The maximum atomic E-state index is 11.0. The van der Waals surface area contributed by atoms with Crippen molar-refractivity contribution >= 4 is 27.5 Å². The van der Waals surface area contributed by atoms with Gasteiger partial charge in [0, 0.05) is 42.8 Å². The molecule has 0 bridgehead atoms. The molecule has 1 aliphatic heterocycles. The first-order valence-corrected chi connectivity index (χ1v) is 8.31. The summed E-state index contributed by atoms with van der Waals surface area (Å²) in [5.41, 5.74) is 8.32. The fourth-order valence-electron chi connectivity index (χ4n) is 2.77. The predicted octanol–water partition coefficient (Wildman–Crippen LogP) is 2.82. The van der Waals surface area contributed by atoms with E-state index in [2.05, 4.69) is 44.3 Å². The van der Waals surface area contributed by atoms with E-state index in [0.717, 1.165) is 42.5 Å². The van der Waals surface area contributed by atoms with Gasteiger partial charge in [0.05, 0.1) is 0 Å². The van der Waals surface area contributed by atoms with Crippen LogP contribution in [0.25, 0.3) is 0 Å². The van der Waals surface area contributed by atoms with Crippen molar-refractivity contribution in [1.29, 1.82) is 0 Å². The third-order valence-corrected chi connectivity index (χ3v) is 4.78. The van der Waals surface area contributed by atoms with Crippen molar-refractivity contribution < 1.29 is 4.79 Å². The number of anilines is 1. The Morgan fingerprint density at radius 3 is 2.67 bits per heavy atom. The average Bonchev–Trinajstić information content (AvgIpc) is 2.45. The van der Waals surface area contributed by atoms with E-state index in [1.54, 1.807) is 6.92 Å². The third kappa shape index (κ3) is 4.45. The lowest BCUT2D eigenvalue weighted by molar-refractivity contribution is -0.119. The Bertz CT molecular complexity index is 496. The number of carbonyl (C=O) groups excluding carboxylic acids is 1. The second kappa shape index (κ2) is 7.27. The molecule has 2 rings (SSSR count). The highest BCUT2D eigenvalue weighted by molar-refractivity contribution is 9.10. The molecule has 21 heavy (non-hydrogen) atoms. The molecule has 1 saturated heterocycles. The number of nitrogens with one attached hydrogen (secondary N) is 1. The molecular weight excluding hydrogens is 330 g/mol. The van der Waals surface area contributed by atoms with E-state index in [-0.39, 0.29) is 11.9 Å². The maximum Gasteiger partial charge on any atom is 0.216 e. The van der Waals surface area contributed by atoms with E-state index in [1.807, 2.05) is 6.92 Å². The van der Waals surface area contributed by atoms with E-state index < -0.39 is 0 Å². The first-order chi connectivity index (χ1) is 9.97. The second-order valence-electron chi connectivity index (χ2n) is 5.86. The first-order valence-electron chi connectivity index (χ1n) is 7.51. The van der Waals surface area contributed by atoms with E-state index >= 15 is 0 Å². The maximum absolute atomic E-state index is 11.0. The van der Waals surface area contributed by atoms with Crippen molar-refractivity contribution in [2.75, 3.05) is 24.5 Å². The number of rotatable bonds is 4. The Morgan fingerprint density at radius 2 is 2.14 bits per heavy atom. The molecular formula is C16H24BrN3O. The number of hydrogen-bond donors (Lipinski definition) is 2.